The standard InChI is InChI=1S/C41H33ClN2O6/c1-3-23-15-17-26(18-16-23)43-37(46)29-20-19-28-31(34(29)39(43)48)22-32-38(47)44(27-12-7-11-25(42)21-27)40(49)41(32,24-9-5-4-6-10-24)35(28)30-13-8-14-33(50-2)36(30)45/h3-19,21,29,31-32,34-35,45H,1,20,22H2,2H3. The smallest absolute Gasteiger partial charge is 0.246 e. The van der Waals surface area contributed by atoms with Crippen LogP contribution in [0.25, 0.3) is 6.08 Å². The summed E-state index contributed by atoms with van der Waals surface area (Å²) < 4.78 is 5.54. The number of phenolic OH excluding ortho intramolecular Hbond substituents is 1. The first-order valence-corrected chi connectivity index (χ1v) is 17.0. The molecule has 2 saturated heterocycles. The number of rotatable bonds is 6. The fourth-order valence-electron chi connectivity index (χ4n) is 9.04. The van der Waals surface area contributed by atoms with Gasteiger partial charge >= 0.3 is 0 Å². The lowest BCUT2D eigenvalue weighted by molar-refractivity contribution is -0.127. The van der Waals surface area contributed by atoms with Crippen LogP contribution in [0.4, 0.5) is 11.4 Å². The highest BCUT2D eigenvalue weighted by Gasteiger charge is 2.70. The van der Waals surface area contributed by atoms with E-state index in [-0.39, 0.29) is 36.2 Å². The van der Waals surface area contributed by atoms with E-state index in [2.05, 4.69) is 6.58 Å². The first-order chi connectivity index (χ1) is 24.2. The van der Waals surface area contributed by atoms with Gasteiger partial charge in [-0.1, -0.05) is 96.6 Å². The largest absolute Gasteiger partial charge is 0.504 e. The van der Waals surface area contributed by atoms with Crippen molar-refractivity contribution in [1.29, 1.82) is 0 Å². The molecular formula is C41H33ClN2O6. The van der Waals surface area contributed by atoms with Gasteiger partial charge in [-0.2, -0.15) is 0 Å². The average Bonchev–Trinajstić information content (AvgIpc) is 3.53. The van der Waals surface area contributed by atoms with Crippen molar-refractivity contribution < 1.29 is 29.0 Å². The van der Waals surface area contributed by atoms with Crippen molar-refractivity contribution in [2.75, 3.05) is 16.9 Å². The van der Waals surface area contributed by atoms with Gasteiger partial charge in [-0.25, -0.2) is 4.90 Å². The maximum absolute atomic E-state index is 15.3. The highest BCUT2D eigenvalue weighted by molar-refractivity contribution is 6.32. The summed E-state index contributed by atoms with van der Waals surface area (Å²) in [6.45, 7) is 3.79. The van der Waals surface area contributed by atoms with Crippen LogP contribution in [0.5, 0.6) is 11.5 Å². The Morgan fingerprint density at radius 3 is 2.28 bits per heavy atom. The Bertz CT molecular complexity index is 2130. The van der Waals surface area contributed by atoms with E-state index in [0.717, 1.165) is 11.1 Å². The number of carbonyl (C=O) groups is 4. The minimum atomic E-state index is -1.51. The van der Waals surface area contributed by atoms with E-state index in [1.807, 2.05) is 36.4 Å². The summed E-state index contributed by atoms with van der Waals surface area (Å²) in [6.07, 6.45) is 4.06. The zero-order chi connectivity index (χ0) is 34.9. The lowest BCUT2D eigenvalue weighted by atomic mass is 9.49. The normalized spacial score (nSPS) is 27.1. The predicted molar refractivity (Wildman–Crippen MR) is 190 cm³/mol. The van der Waals surface area contributed by atoms with E-state index >= 15 is 4.79 Å². The zero-order valence-corrected chi connectivity index (χ0v) is 27.9. The number of para-hydroxylation sites is 1. The minimum absolute atomic E-state index is 0.146. The highest BCUT2D eigenvalue weighted by Crippen LogP contribution is 2.65. The van der Waals surface area contributed by atoms with Gasteiger partial charge in [0.15, 0.2) is 11.5 Å². The van der Waals surface area contributed by atoms with Crippen LogP contribution >= 0.6 is 11.6 Å². The van der Waals surface area contributed by atoms with Crippen molar-refractivity contribution >= 4 is 52.7 Å². The van der Waals surface area contributed by atoms with Crippen molar-refractivity contribution in [3.8, 4) is 11.5 Å². The Hall–Kier alpha value is -5.47. The molecule has 0 radical (unpaired) electrons. The number of amides is 4. The van der Waals surface area contributed by atoms with Crippen LogP contribution in [0.3, 0.4) is 0 Å². The molecular weight excluding hydrogens is 652 g/mol. The molecule has 1 saturated carbocycles. The highest BCUT2D eigenvalue weighted by atomic mass is 35.5. The second-order valence-electron chi connectivity index (χ2n) is 13.3. The maximum atomic E-state index is 15.3. The fraction of sp³-hybridized carbons (Fsp3) is 0.220. The number of aromatic hydroxyl groups is 1. The molecule has 8 rings (SSSR count). The molecule has 0 bridgehead atoms. The monoisotopic (exact) mass is 684 g/mol. The second-order valence-corrected chi connectivity index (χ2v) is 13.7. The topological polar surface area (TPSA) is 104 Å². The Balaban J connectivity index is 1.36. The molecule has 8 nitrogen and oxygen atoms in total. The molecule has 9 heteroatoms. The molecule has 2 aliphatic heterocycles. The number of allylic oxidation sites excluding steroid dienone is 2. The molecule has 3 fully saturated rings. The first kappa shape index (κ1) is 31.8. The van der Waals surface area contributed by atoms with Crippen LogP contribution in [0, 0.1) is 23.7 Å². The third-order valence-electron chi connectivity index (χ3n) is 11.1. The number of hydrogen-bond donors (Lipinski definition) is 1. The predicted octanol–water partition coefficient (Wildman–Crippen LogP) is 7.06. The van der Waals surface area contributed by atoms with Gasteiger partial charge in [0.1, 0.15) is 0 Å². The lowest BCUT2D eigenvalue weighted by Gasteiger charge is -2.50. The number of carbonyl (C=O) groups excluding carboxylic acids is 4. The molecule has 6 unspecified atom stereocenters. The third kappa shape index (κ3) is 4.37. The van der Waals surface area contributed by atoms with Crippen molar-refractivity contribution in [1.82, 2.24) is 0 Å². The number of methoxy groups -OCH3 is 1. The van der Waals surface area contributed by atoms with Crippen LogP contribution in [0.2, 0.25) is 5.02 Å². The number of benzene rings is 4. The fourth-order valence-corrected chi connectivity index (χ4v) is 9.22. The summed E-state index contributed by atoms with van der Waals surface area (Å²) in [6, 6.07) is 28.0. The SMILES string of the molecule is C=Cc1ccc(N2C(=O)C3CC=C4C(CC5C(=O)N(c6cccc(Cl)c6)C(=O)C5(c5ccccc5)C4c4cccc(OC)c4O)C3C2=O)cc1. The number of nitrogens with zero attached hydrogens (tertiary/aromatic N) is 2. The molecule has 4 aromatic carbocycles. The number of anilines is 2. The van der Waals surface area contributed by atoms with Gasteiger partial charge in [0.2, 0.25) is 23.6 Å². The molecule has 4 aromatic rings. The molecule has 0 spiro atoms. The van der Waals surface area contributed by atoms with Gasteiger partial charge < -0.3 is 9.84 Å². The van der Waals surface area contributed by atoms with E-state index < -0.39 is 46.8 Å². The molecule has 4 aliphatic rings. The van der Waals surface area contributed by atoms with Crippen LogP contribution in [-0.4, -0.2) is 35.8 Å². The Morgan fingerprint density at radius 2 is 1.58 bits per heavy atom. The van der Waals surface area contributed by atoms with E-state index in [0.29, 0.717) is 27.5 Å². The van der Waals surface area contributed by atoms with Crippen LogP contribution in [-0.2, 0) is 24.6 Å². The van der Waals surface area contributed by atoms with Gasteiger partial charge in [0, 0.05) is 16.5 Å². The molecule has 6 atom stereocenters. The van der Waals surface area contributed by atoms with E-state index in [9.17, 15) is 19.5 Å². The van der Waals surface area contributed by atoms with Crippen LogP contribution < -0.4 is 14.5 Å². The summed E-state index contributed by atoms with van der Waals surface area (Å²) in [5.41, 5.74) is 1.90. The Kier molecular flexibility index (Phi) is 7.53. The number of phenols is 1. The lowest BCUT2D eigenvalue weighted by Crippen LogP contribution is -2.53. The van der Waals surface area contributed by atoms with Gasteiger partial charge in [0.25, 0.3) is 0 Å². The van der Waals surface area contributed by atoms with Gasteiger partial charge in [-0.05, 0) is 66.3 Å². The van der Waals surface area contributed by atoms with Gasteiger partial charge in [-0.15, -0.1) is 0 Å². The second kappa shape index (κ2) is 11.8. The summed E-state index contributed by atoms with van der Waals surface area (Å²) >= 11 is 6.39. The van der Waals surface area contributed by atoms with Crippen LogP contribution in [0.1, 0.15) is 35.4 Å². The van der Waals surface area contributed by atoms with E-state index in [1.165, 1.54) is 16.9 Å². The van der Waals surface area contributed by atoms with Gasteiger partial charge in [-0.3, -0.25) is 24.1 Å². The average molecular weight is 685 g/mol. The Labute approximate surface area is 294 Å². The van der Waals surface area contributed by atoms with Gasteiger partial charge in [0.05, 0.1) is 41.7 Å². The van der Waals surface area contributed by atoms with E-state index in [1.54, 1.807) is 72.8 Å². The van der Waals surface area contributed by atoms with Crippen molar-refractivity contribution in [2.45, 2.75) is 24.2 Å². The molecule has 250 valence electrons. The molecule has 4 amide bonds. The van der Waals surface area contributed by atoms with Crippen molar-refractivity contribution in [3.05, 3.63) is 137 Å². The van der Waals surface area contributed by atoms with Crippen molar-refractivity contribution in [2.24, 2.45) is 23.7 Å². The maximum Gasteiger partial charge on any atom is 0.246 e. The summed E-state index contributed by atoms with van der Waals surface area (Å²) in [7, 11) is 1.45. The quantitative estimate of drug-likeness (QED) is 0.172. The summed E-state index contributed by atoms with van der Waals surface area (Å²) in [5.74, 6) is -5.27. The van der Waals surface area contributed by atoms with E-state index in [4.69, 9.17) is 16.3 Å². The molecule has 50 heavy (non-hydrogen) atoms. The van der Waals surface area contributed by atoms with Crippen molar-refractivity contribution in [3.63, 3.8) is 0 Å². The molecule has 2 aliphatic carbocycles. The number of halogens is 1. The summed E-state index contributed by atoms with van der Waals surface area (Å²) in [4.78, 5) is 61.2. The number of fused-ring (bicyclic) bond motifs is 4. The van der Waals surface area contributed by atoms with Crippen LogP contribution in [0.15, 0.2) is 115 Å². The zero-order valence-electron chi connectivity index (χ0n) is 27.2. The number of imide groups is 2. The number of hydrogen-bond acceptors (Lipinski definition) is 6. The molecule has 2 heterocycles. The first-order valence-electron chi connectivity index (χ1n) is 16.6. The molecule has 1 N–H and O–H groups in total. The summed E-state index contributed by atoms with van der Waals surface area (Å²) in [5, 5.41) is 12.1. The minimum Gasteiger partial charge on any atom is -0.504 e. The molecule has 0 aromatic heterocycles. The number of ether oxygens (including phenoxy) is 1. The Morgan fingerprint density at radius 1 is 0.840 bits per heavy atom. The third-order valence-corrected chi connectivity index (χ3v) is 11.4.